The molecule has 0 fully saturated rings. The van der Waals surface area contributed by atoms with Gasteiger partial charge in [0.05, 0.1) is 0 Å². The van der Waals surface area contributed by atoms with Crippen molar-refractivity contribution >= 4 is 27.2 Å². The van der Waals surface area contributed by atoms with Gasteiger partial charge in [-0.25, -0.2) is 0 Å². The molecule has 2 heteroatoms. The predicted molar refractivity (Wildman–Crippen MR) is 83.9 cm³/mol. The standard InChI is InChI=1S/C18H15NO/c1-2-5-11-8-14-13-7-4-3-6-12(13)10-16-17(14)15(9-11)18(20)19-16/h2-4,6-10,18-20H,1,5H2. The summed E-state index contributed by atoms with van der Waals surface area (Å²) in [4.78, 5) is 0. The maximum Gasteiger partial charge on any atom is 0.151 e. The second-order valence-electron chi connectivity index (χ2n) is 5.29. The van der Waals surface area contributed by atoms with E-state index in [0.29, 0.717) is 0 Å². The van der Waals surface area contributed by atoms with Gasteiger partial charge in [0, 0.05) is 16.6 Å². The summed E-state index contributed by atoms with van der Waals surface area (Å²) >= 11 is 0. The fourth-order valence-electron chi connectivity index (χ4n) is 3.17. The molecule has 0 spiro atoms. The summed E-state index contributed by atoms with van der Waals surface area (Å²) in [5, 5.41) is 18.2. The van der Waals surface area contributed by atoms with Crippen molar-refractivity contribution in [1.82, 2.24) is 0 Å². The first-order valence-corrected chi connectivity index (χ1v) is 6.82. The van der Waals surface area contributed by atoms with Crippen LogP contribution in [0.3, 0.4) is 0 Å². The van der Waals surface area contributed by atoms with Crippen LogP contribution in [0.1, 0.15) is 17.4 Å². The van der Waals surface area contributed by atoms with Gasteiger partial charge in [-0.2, -0.15) is 0 Å². The summed E-state index contributed by atoms with van der Waals surface area (Å²) < 4.78 is 0. The highest BCUT2D eigenvalue weighted by Crippen LogP contribution is 2.42. The van der Waals surface area contributed by atoms with E-state index >= 15 is 0 Å². The maximum absolute atomic E-state index is 10.2. The molecular weight excluding hydrogens is 246 g/mol. The summed E-state index contributed by atoms with van der Waals surface area (Å²) in [6.45, 7) is 3.81. The van der Waals surface area contributed by atoms with Gasteiger partial charge in [-0.3, -0.25) is 0 Å². The third-order valence-electron chi connectivity index (χ3n) is 4.02. The van der Waals surface area contributed by atoms with Gasteiger partial charge in [0.15, 0.2) is 6.23 Å². The monoisotopic (exact) mass is 261 g/mol. The fourth-order valence-corrected chi connectivity index (χ4v) is 3.17. The smallest absolute Gasteiger partial charge is 0.151 e. The number of fused-ring (bicyclic) bond motifs is 2. The molecule has 20 heavy (non-hydrogen) atoms. The Balaban J connectivity index is 2.19. The Bertz CT molecular complexity index is 851. The largest absolute Gasteiger partial charge is 0.369 e. The molecule has 3 aromatic rings. The molecule has 0 radical (unpaired) electrons. The first kappa shape index (κ1) is 11.5. The van der Waals surface area contributed by atoms with Crippen molar-refractivity contribution in [2.45, 2.75) is 12.6 Å². The number of allylic oxidation sites excluding steroid dienone is 1. The Hall–Kier alpha value is -2.32. The van der Waals surface area contributed by atoms with Crippen molar-refractivity contribution in [2.75, 3.05) is 5.32 Å². The Morgan fingerprint density at radius 3 is 2.85 bits per heavy atom. The number of hydrogen-bond acceptors (Lipinski definition) is 2. The number of rotatable bonds is 2. The van der Waals surface area contributed by atoms with Gasteiger partial charge in [-0.1, -0.05) is 42.5 Å². The first-order valence-electron chi connectivity index (χ1n) is 6.82. The fraction of sp³-hybridized carbons (Fsp3) is 0.111. The number of aliphatic hydroxyl groups is 1. The van der Waals surface area contributed by atoms with Crippen LogP contribution in [-0.2, 0) is 6.42 Å². The van der Waals surface area contributed by atoms with Gasteiger partial charge in [-0.15, -0.1) is 6.58 Å². The summed E-state index contributed by atoms with van der Waals surface area (Å²) in [7, 11) is 0. The average Bonchev–Trinajstić information content (AvgIpc) is 2.77. The van der Waals surface area contributed by atoms with Crippen molar-refractivity contribution in [3.63, 3.8) is 0 Å². The van der Waals surface area contributed by atoms with Crippen molar-refractivity contribution in [3.8, 4) is 0 Å². The lowest BCUT2D eigenvalue weighted by molar-refractivity contribution is 0.213. The van der Waals surface area contributed by atoms with Crippen LogP contribution in [0.15, 0.2) is 55.1 Å². The van der Waals surface area contributed by atoms with Gasteiger partial charge < -0.3 is 10.4 Å². The highest BCUT2D eigenvalue weighted by molar-refractivity contribution is 6.15. The lowest BCUT2D eigenvalue weighted by Crippen LogP contribution is -2.02. The van der Waals surface area contributed by atoms with Crippen molar-refractivity contribution in [3.05, 3.63) is 66.2 Å². The summed E-state index contributed by atoms with van der Waals surface area (Å²) in [6.07, 6.45) is 2.09. The molecule has 0 aromatic heterocycles. The van der Waals surface area contributed by atoms with Gasteiger partial charge in [0.2, 0.25) is 0 Å². The molecule has 4 rings (SSSR count). The molecule has 1 aliphatic heterocycles. The number of aliphatic hydroxyl groups excluding tert-OH is 1. The van der Waals surface area contributed by atoms with Gasteiger partial charge in [-0.05, 0) is 34.2 Å². The minimum Gasteiger partial charge on any atom is -0.369 e. The van der Waals surface area contributed by atoms with Gasteiger partial charge in [0.25, 0.3) is 0 Å². The second-order valence-corrected chi connectivity index (χ2v) is 5.29. The average molecular weight is 261 g/mol. The van der Waals surface area contributed by atoms with Crippen molar-refractivity contribution in [2.24, 2.45) is 0 Å². The predicted octanol–water partition coefficient (Wildman–Crippen LogP) is 4.14. The van der Waals surface area contributed by atoms with E-state index in [1.54, 1.807) is 0 Å². The van der Waals surface area contributed by atoms with Crippen LogP contribution in [0.4, 0.5) is 5.69 Å². The van der Waals surface area contributed by atoms with E-state index in [4.69, 9.17) is 0 Å². The molecule has 1 heterocycles. The molecule has 1 atom stereocenters. The van der Waals surface area contributed by atoms with Crippen LogP contribution in [0, 0.1) is 0 Å². The molecule has 2 N–H and O–H groups in total. The maximum atomic E-state index is 10.2. The molecule has 3 aromatic carbocycles. The topological polar surface area (TPSA) is 32.3 Å². The molecule has 0 amide bonds. The Labute approximate surface area is 117 Å². The minimum atomic E-state index is -0.617. The minimum absolute atomic E-state index is 0.617. The molecule has 1 aliphatic rings. The van der Waals surface area contributed by atoms with Gasteiger partial charge in [0.1, 0.15) is 0 Å². The number of nitrogens with one attached hydrogen (secondary N) is 1. The SMILES string of the molecule is C=CCc1cc2c3c(cc4ccccc4c3c1)NC2O. The Morgan fingerprint density at radius 1 is 1.15 bits per heavy atom. The van der Waals surface area contributed by atoms with E-state index < -0.39 is 6.23 Å². The number of benzene rings is 3. The normalized spacial score (nSPS) is 16.6. The zero-order chi connectivity index (χ0) is 13.7. The van der Waals surface area contributed by atoms with Crippen LogP contribution in [0.2, 0.25) is 0 Å². The summed E-state index contributed by atoms with van der Waals surface area (Å²) in [6, 6.07) is 14.8. The highest BCUT2D eigenvalue weighted by atomic mass is 16.3. The van der Waals surface area contributed by atoms with E-state index in [2.05, 4.69) is 48.3 Å². The second kappa shape index (κ2) is 4.09. The molecule has 98 valence electrons. The molecule has 0 aliphatic carbocycles. The van der Waals surface area contributed by atoms with E-state index in [-0.39, 0.29) is 0 Å². The van der Waals surface area contributed by atoms with Crippen LogP contribution in [0.25, 0.3) is 21.5 Å². The van der Waals surface area contributed by atoms with Crippen LogP contribution in [-0.4, -0.2) is 5.11 Å². The molecule has 0 saturated heterocycles. The van der Waals surface area contributed by atoms with Crippen LogP contribution >= 0.6 is 0 Å². The molecule has 0 bridgehead atoms. The van der Waals surface area contributed by atoms with E-state index in [1.165, 1.54) is 21.7 Å². The van der Waals surface area contributed by atoms with Crippen molar-refractivity contribution < 1.29 is 5.11 Å². The first-order chi connectivity index (χ1) is 9.78. The molecule has 1 unspecified atom stereocenters. The van der Waals surface area contributed by atoms with Gasteiger partial charge >= 0.3 is 0 Å². The number of hydrogen-bond donors (Lipinski definition) is 2. The Morgan fingerprint density at radius 2 is 2.00 bits per heavy atom. The van der Waals surface area contributed by atoms with Crippen LogP contribution in [0.5, 0.6) is 0 Å². The summed E-state index contributed by atoms with van der Waals surface area (Å²) in [5.74, 6) is 0. The van der Waals surface area contributed by atoms with Crippen molar-refractivity contribution in [1.29, 1.82) is 0 Å². The van der Waals surface area contributed by atoms with E-state index in [9.17, 15) is 5.11 Å². The third-order valence-corrected chi connectivity index (χ3v) is 4.02. The summed E-state index contributed by atoms with van der Waals surface area (Å²) in [5.41, 5.74) is 3.18. The van der Waals surface area contributed by atoms with Crippen LogP contribution < -0.4 is 5.32 Å². The van der Waals surface area contributed by atoms with E-state index in [0.717, 1.165) is 23.1 Å². The zero-order valence-electron chi connectivity index (χ0n) is 11.1. The molecule has 0 saturated carbocycles. The quantitative estimate of drug-likeness (QED) is 0.537. The molecule has 2 nitrogen and oxygen atoms in total. The number of anilines is 1. The molecular formula is C18H15NO. The van der Waals surface area contributed by atoms with E-state index in [1.807, 2.05) is 12.1 Å². The third kappa shape index (κ3) is 1.49. The lowest BCUT2D eigenvalue weighted by Gasteiger charge is -2.08. The zero-order valence-corrected chi connectivity index (χ0v) is 11.1. The highest BCUT2D eigenvalue weighted by Gasteiger charge is 2.23. The Kier molecular flexibility index (Phi) is 2.35. The lowest BCUT2D eigenvalue weighted by atomic mass is 9.95.